The van der Waals surface area contributed by atoms with Crippen LogP contribution >= 0.6 is 11.3 Å². The van der Waals surface area contributed by atoms with Crippen LogP contribution in [0.25, 0.3) is 10.2 Å². The molecular formula is C17H16N2O3S. The second-order valence-electron chi connectivity index (χ2n) is 5.23. The predicted molar refractivity (Wildman–Crippen MR) is 92.6 cm³/mol. The summed E-state index contributed by atoms with van der Waals surface area (Å²) in [5.41, 5.74) is 1.59. The van der Waals surface area contributed by atoms with E-state index in [4.69, 9.17) is 0 Å². The Kier molecular flexibility index (Phi) is 3.92. The van der Waals surface area contributed by atoms with Crippen molar-refractivity contribution in [1.82, 2.24) is 4.57 Å². The highest BCUT2D eigenvalue weighted by Gasteiger charge is 2.22. The maximum atomic E-state index is 12.6. The zero-order valence-electron chi connectivity index (χ0n) is 12.8. The number of rotatable bonds is 3. The van der Waals surface area contributed by atoms with Crippen molar-refractivity contribution in [3.05, 3.63) is 57.2 Å². The number of aryl methyl sites for hydroxylation is 2. The molecule has 0 saturated carbocycles. The third kappa shape index (κ3) is 2.61. The van der Waals surface area contributed by atoms with Crippen LogP contribution < -0.4 is 10.9 Å². The monoisotopic (exact) mass is 328 g/mol. The minimum atomic E-state index is -0.603. The van der Waals surface area contributed by atoms with Gasteiger partial charge in [-0.2, -0.15) is 0 Å². The Morgan fingerprint density at radius 2 is 1.96 bits per heavy atom. The van der Waals surface area contributed by atoms with E-state index in [-0.39, 0.29) is 11.3 Å². The minimum absolute atomic E-state index is 0.220. The highest BCUT2D eigenvalue weighted by Crippen LogP contribution is 2.31. The summed E-state index contributed by atoms with van der Waals surface area (Å²) in [5.74, 6) is -0.858. The first-order valence-electron chi connectivity index (χ1n) is 7.24. The van der Waals surface area contributed by atoms with Gasteiger partial charge in [-0.1, -0.05) is 17.7 Å². The molecule has 1 aromatic carbocycles. The summed E-state index contributed by atoms with van der Waals surface area (Å²) in [6.45, 7) is 4.20. The molecule has 118 valence electrons. The van der Waals surface area contributed by atoms with Crippen LogP contribution in [0.4, 0.5) is 5.69 Å². The Morgan fingerprint density at radius 3 is 2.61 bits per heavy atom. The van der Waals surface area contributed by atoms with Gasteiger partial charge in [-0.25, -0.2) is 0 Å². The van der Waals surface area contributed by atoms with Crippen LogP contribution in [0.1, 0.15) is 22.8 Å². The fraction of sp³-hybridized carbons (Fsp3) is 0.176. The molecule has 5 nitrogen and oxygen atoms in total. The molecule has 23 heavy (non-hydrogen) atoms. The third-order valence-corrected chi connectivity index (χ3v) is 4.61. The molecule has 0 radical (unpaired) electrons. The van der Waals surface area contributed by atoms with Gasteiger partial charge in [-0.3, -0.25) is 9.59 Å². The molecule has 1 amide bonds. The molecular weight excluding hydrogens is 312 g/mol. The Morgan fingerprint density at radius 1 is 1.26 bits per heavy atom. The summed E-state index contributed by atoms with van der Waals surface area (Å²) in [4.78, 5) is 25.1. The van der Waals surface area contributed by atoms with E-state index in [0.717, 1.165) is 5.56 Å². The summed E-state index contributed by atoms with van der Waals surface area (Å²) in [7, 11) is 0. The van der Waals surface area contributed by atoms with Gasteiger partial charge >= 0.3 is 0 Å². The van der Waals surface area contributed by atoms with E-state index in [0.29, 0.717) is 22.4 Å². The maximum absolute atomic E-state index is 12.6. The number of amides is 1. The summed E-state index contributed by atoms with van der Waals surface area (Å²) in [5, 5.41) is 14.8. The number of aromatic hydroxyl groups is 1. The number of nitrogens with one attached hydrogen (secondary N) is 1. The van der Waals surface area contributed by atoms with Crippen molar-refractivity contribution < 1.29 is 9.90 Å². The Labute approximate surface area is 136 Å². The molecule has 0 atom stereocenters. The van der Waals surface area contributed by atoms with Crippen LogP contribution in [-0.4, -0.2) is 15.6 Å². The van der Waals surface area contributed by atoms with E-state index in [9.17, 15) is 14.7 Å². The third-order valence-electron chi connectivity index (χ3n) is 3.70. The van der Waals surface area contributed by atoms with Gasteiger partial charge in [0.05, 0.1) is 10.2 Å². The zero-order valence-corrected chi connectivity index (χ0v) is 13.6. The second kappa shape index (κ2) is 5.89. The molecule has 0 bridgehead atoms. The van der Waals surface area contributed by atoms with E-state index in [2.05, 4.69) is 5.32 Å². The molecule has 0 aliphatic carbocycles. The number of carbonyl (C=O) groups is 1. The number of hydrogen-bond acceptors (Lipinski definition) is 4. The molecule has 0 spiro atoms. The van der Waals surface area contributed by atoms with Crippen molar-refractivity contribution in [3.63, 3.8) is 0 Å². The number of aromatic nitrogens is 1. The van der Waals surface area contributed by atoms with Gasteiger partial charge in [0.2, 0.25) is 0 Å². The van der Waals surface area contributed by atoms with Gasteiger partial charge < -0.3 is 15.0 Å². The standard InChI is InChI=1S/C17H16N2O3S/c1-3-19-12-8-9-23-15(12)14(20)13(17(19)22)16(21)18-11-6-4-10(2)5-7-11/h4-9,20H,3H2,1-2H3,(H,18,21). The number of hydrogen-bond donors (Lipinski definition) is 2. The first kappa shape index (κ1) is 15.3. The molecule has 0 fully saturated rings. The van der Waals surface area contributed by atoms with Crippen molar-refractivity contribution >= 4 is 33.1 Å². The Bertz CT molecular complexity index is 939. The Hall–Kier alpha value is -2.60. The summed E-state index contributed by atoms with van der Waals surface area (Å²) in [6.07, 6.45) is 0. The van der Waals surface area contributed by atoms with E-state index in [1.807, 2.05) is 26.0 Å². The molecule has 2 N–H and O–H groups in total. The summed E-state index contributed by atoms with van der Waals surface area (Å²) in [6, 6.07) is 9.01. The van der Waals surface area contributed by atoms with Gasteiger partial charge in [-0.15, -0.1) is 11.3 Å². The lowest BCUT2D eigenvalue weighted by atomic mass is 10.2. The van der Waals surface area contributed by atoms with Crippen molar-refractivity contribution in [2.24, 2.45) is 0 Å². The van der Waals surface area contributed by atoms with Crippen molar-refractivity contribution in [1.29, 1.82) is 0 Å². The van der Waals surface area contributed by atoms with E-state index >= 15 is 0 Å². The van der Waals surface area contributed by atoms with E-state index in [1.165, 1.54) is 15.9 Å². The smallest absolute Gasteiger partial charge is 0.267 e. The summed E-state index contributed by atoms with van der Waals surface area (Å²) >= 11 is 1.30. The minimum Gasteiger partial charge on any atom is -0.505 e. The lowest BCUT2D eigenvalue weighted by Gasteiger charge is -2.11. The number of pyridine rings is 1. The molecule has 2 aromatic heterocycles. The molecule has 0 aliphatic rings. The zero-order chi connectivity index (χ0) is 16.6. The highest BCUT2D eigenvalue weighted by molar-refractivity contribution is 7.17. The highest BCUT2D eigenvalue weighted by atomic mass is 32.1. The van der Waals surface area contributed by atoms with Crippen molar-refractivity contribution in [2.75, 3.05) is 5.32 Å². The molecule has 3 aromatic rings. The first-order chi connectivity index (χ1) is 11.0. The van der Waals surface area contributed by atoms with Crippen LogP contribution in [0.3, 0.4) is 0 Å². The SMILES string of the molecule is CCn1c(=O)c(C(=O)Nc2ccc(C)cc2)c(O)c2sccc21. The largest absolute Gasteiger partial charge is 0.505 e. The Balaban J connectivity index is 2.10. The van der Waals surface area contributed by atoms with Gasteiger partial charge in [-0.05, 0) is 37.4 Å². The van der Waals surface area contributed by atoms with Gasteiger partial charge in [0.25, 0.3) is 11.5 Å². The maximum Gasteiger partial charge on any atom is 0.267 e. The van der Waals surface area contributed by atoms with Crippen LogP contribution in [0.15, 0.2) is 40.5 Å². The van der Waals surface area contributed by atoms with Gasteiger partial charge in [0, 0.05) is 12.2 Å². The average molecular weight is 328 g/mol. The lowest BCUT2D eigenvalue weighted by molar-refractivity contribution is 0.102. The molecule has 0 saturated heterocycles. The number of benzene rings is 1. The normalized spacial score (nSPS) is 10.9. The molecule has 0 aliphatic heterocycles. The molecule has 3 rings (SSSR count). The number of fused-ring (bicyclic) bond motifs is 1. The molecule has 2 heterocycles. The molecule has 6 heteroatoms. The predicted octanol–water partition coefficient (Wildman–Crippen LogP) is 3.35. The van der Waals surface area contributed by atoms with Crippen molar-refractivity contribution in [3.8, 4) is 5.75 Å². The average Bonchev–Trinajstić information content (AvgIpc) is 3.00. The van der Waals surface area contributed by atoms with Crippen LogP contribution in [-0.2, 0) is 6.54 Å². The van der Waals surface area contributed by atoms with Crippen LogP contribution in [0.2, 0.25) is 0 Å². The van der Waals surface area contributed by atoms with E-state index in [1.54, 1.807) is 23.6 Å². The van der Waals surface area contributed by atoms with Crippen molar-refractivity contribution in [2.45, 2.75) is 20.4 Å². The van der Waals surface area contributed by atoms with Crippen LogP contribution in [0, 0.1) is 6.92 Å². The van der Waals surface area contributed by atoms with Gasteiger partial charge in [0.15, 0.2) is 5.75 Å². The van der Waals surface area contributed by atoms with Gasteiger partial charge in [0.1, 0.15) is 5.56 Å². The second-order valence-corrected chi connectivity index (χ2v) is 6.14. The summed E-state index contributed by atoms with van der Waals surface area (Å²) < 4.78 is 2.04. The fourth-order valence-electron chi connectivity index (χ4n) is 2.50. The topological polar surface area (TPSA) is 71.3 Å². The van der Waals surface area contributed by atoms with E-state index < -0.39 is 11.5 Å². The lowest BCUT2D eigenvalue weighted by Crippen LogP contribution is -2.29. The number of carbonyl (C=O) groups excluding carboxylic acids is 1. The number of nitrogens with zero attached hydrogens (tertiary/aromatic N) is 1. The number of thiophene rings is 1. The number of anilines is 1. The fourth-order valence-corrected chi connectivity index (χ4v) is 3.35. The van der Waals surface area contributed by atoms with Crippen LogP contribution in [0.5, 0.6) is 5.75 Å². The first-order valence-corrected chi connectivity index (χ1v) is 8.12. The molecule has 0 unspecified atom stereocenters. The quantitative estimate of drug-likeness (QED) is 0.774.